The molecule has 43 heavy (non-hydrogen) atoms. The molecular formula is C32H26F3NO7. The summed E-state index contributed by atoms with van der Waals surface area (Å²) in [6.07, 6.45) is -4.73. The zero-order valence-electron chi connectivity index (χ0n) is 22.7. The number of ether oxygens (including phenoxy) is 4. The van der Waals surface area contributed by atoms with Gasteiger partial charge in [-0.2, -0.15) is 13.2 Å². The third-order valence-corrected chi connectivity index (χ3v) is 6.24. The monoisotopic (exact) mass is 593 g/mol. The molecule has 1 N–H and O–H groups in total. The van der Waals surface area contributed by atoms with Gasteiger partial charge in [0.15, 0.2) is 6.61 Å². The Morgan fingerprint density at radius 2 is 1.37 bits per heavy atom. The van der Waals surface area contributed by atoms with Gasteiger partial charge in [0.25, 0.3) is 5.91 Å². The molecule has 1 amide bonds. The molecule has 11 heteroatoms. The van der Waals surface area contributed by atoms with E-state index in [0.717, 1.165) is 28.7 Å². The van der Waals surface area contributed by atoms with Crippen molar-refractivity contribution < 1.29 is 41.3 Å². The molecule has 1 heterocycles. The normalized spacial score (nSPS) is 11.4. The molecule has 0 radical (unpaired) electrons. The van der Waals surface area contributed by atoms with Gasteiger partial charge in [-0.3, -0.25) is 4.79 Å². The summed E-state index contributed by atoms with van der Waals surface area (Å²) >= 11 is 0. The van der Waals surface area contributed by atoms with Crippen LogP contribution in [-0.2, 0) is 15.7 Å². The van der Waals surface area contributed by atoms with Crippen LogP contribution in [0.15, 0.2) is 100 Å². The van der Waals surface area contributed by atoms with E-state index >= 15 is 0 Å². The maximum atomic E-state index is 13.2. The van der Waals surface area contributed by atoms with Crippen LogP contribution in [0.25, 0.3) is 21.7 Å². The van der Waals surface area contributed by atoms with Crippen LogP contribution >= 0.6 is 0 Å². The lowest BCUT2D eigenvalue weighted by molar-refractivity contribution is -0.136. The third kappa shape index (κ3) is 8.04. The summed E-state index contributed by atoms with van der Waals surface area (Å²) in [4.78, 5) is 23.9. The molecule has 1 aromatic heterocycles. The Kier molecular flexibility index (Phi) is 9.11. The molecule has 0 spiro atoms. The maximum absolute atomic E-state index is 13.2. The van der Waals surface area contributed by atoms with Gasteiger partial charge in [0.05, 0.1) is 18.8 Å². The van der Waals surface area contributed by atoms with Gasteiger partial charge >= 0.3 is 11.8 Å². The Balaban J connectivity index is 1.00. The standard InChI is InChI=1S/C32H26F3NO7/c33-32(34,35)28-19-31(38)43-29-18-23(6-12-27(28)29)36-30(37)20-42-25-10-8-24(9-11-25)40-15-13-39-14-16-41-26-7-5-21-3-1-2-4-22(21)17-26/h1-12,17-19H,13-16,20H2,(H,36,37). The molecule has 5 aromatic rings. The van der Waals surface area contributed by atoms with E-state index in [1.54, 1.807) is 24.3 Å². The summed E-state index contributed by atoms with van der Waals surface area (Å²) in [5.41, 5.74) is -2.40. The molecule has 0 fully saturated rings. The minimum atomic E-state index is -4.73. The lowest BCUT2D eigenvalue weighted by atomic mass is 10.1. The first kappa shape index (κ1) is 29.5. The summed E-state index contributed by atoms with van der Waals surface area (Å²) in [5.74, 6) is 1.22. The highest BCUT2D eigenvalue weighted by molar-refractivity contribution is 5.94. The van der Waals surface area contributed by atoms with Crippen LogP contribution in [0.3, 0.4) is 0 Å². The summed E-state index contributed by atoms with van der Waals surface area (Å²) in [7, 11) is 0. The van der Waals surface area contributed by atoms with Crippen molar-refractivity contribution in [3.8, 4) is 17.2 Å². The number of carbonyl (C=O) groups is 1. The number of nitrogens with one attached hydrogen (secondary N) is 1. The number of alkyl halides is 3. The lowest BCUT2D eigenvalue weighted by Crippen LogP contribution is -2.20. The van der Waals surface area contributed by atoms with E-state index in [4.69, 9.17) is 23.4 Å². The molecule has 0 atom stereocenters. The number of halogens is 3. The van der Waals surface area contributed by atoms with Gasteiger partial charge in [0, 0.05) is 23.2 Å². The molecule has 0 aliphatic rings. The number of benzene rings is 4. The van der Waals surface area contributed by atoms with Crippen molar-refractivity contribution in [3.63, 3.8) is 0 Å². The van der Waals surface area contributed by atoms with Gasteiger partial charge < -0.3 is 28.7 Å². The minimum Gasteiger partial charge on any atom is -0.491 e. The summed E-state index contributed by atoms with van der Waals surface area (Å²) in [5, 5.41) is 4.48. The van der Waals surface area contributed by atoms with Crippen LogP contribution in [0.1, 0.15) is 5.56 Å². The fraction of sp³-hybridized carbons (Fsp3) is 0.188. The molecule has 0 saturated carbocycles. The Hall–Kier alpha value is -5.03. The number of hydrogen-bond donors (Lipinski definition) is 1. The number of carbonyl (C=O) groups excluding carboxylic acids is 1. The summed E-state index contributed by atoms with van der Waals surface area (Å²) in [6, 6.07) is 24.6. The fourth-order valence-corrected chi connectivity index (χ4v) is 4.25. The number of amides is 1. The largest absolute Gasteiger partial charge is 0.491 e. The van der Waals surface area contributed by atoms with Gasteiger partial charge in [-0.15, -0.1) is 0 Å². The van der Waals surface area contributed by atoms with E-state index in [1.807, 2.05) is 42.5 Å². The Labute approximate surface area is 243 Å². The SMILES string of the molecule is O=C(COc1ccc(OCCOCCOc2ccc3ccccc3c2)cc1)Nc1ccc2c(C(F)(F)F)cc(=O)oc2c1. The van der Waals surface area contributed by atoms with Crippen molar-refractivity contribution in [3.05, 3.63) is 107 Å². The van der Waals surface area contributed by atoms with E-state index in [1.165, 1.54) is 6.07 Å². The van der Waals surface area contributed by atoms with Crippen LogP contribution in [0.4, 0.5) is 18.9 Å². The molecule has 5 rings (SSSR count). The van der Waals surface area contributed by atoms with Crippen molar-refractivity contribution in [1.29, 1.82) is 0 Å². The van der Waals surface area contributed by atoms with Crippen molar-refractivity contribution in [2.45, 2.75) is 6.18 Å². The first-order valence-electron chi connectivity index (χ1n) is 13.2. The van der Waals surface area contributed by atoms with E-state index < -0.39 is 23.3 Å². The van der Waals surface area contributed by atoms with Crippen LogP contribution in [0.2, 0.25) is 0 Å². The van der Waals surface area contributed by atoms with Crippen molar-refractivity contribution in [2.75, 3.05) is 38.4 Å². The Bertz CT molecular complexity index is 1770. The van der Waals surface area contributed by atoms with Crippen LogP contribution in [0.5, 0.6) is 17.2 Å². The maximum Gasteiger partial charge on any atom is 0.417 e. The molecule has 0 unspecified atom stereocenters. The predicted molar refractivity (Wildman–Crippen MR) is 154 cm³/mol. The Morgan fingerprint density at radius 1 is 0.721 bits per heavy atom. The Morgan fingerprint density at radius 3 is 2.09 bits per heavy atom. The van der Waals surface area contributed by atoms with Gasteiger partial charge in [-0.25, -0.2) is 4.79 Å². The topological polar surface area (TPSA) is 96.2 Å². The quantitative estimate of drug-likeness (QED) is 0.131. The van der Waals surface area contributed by atoms with Gasteiger partial charge in [0.2, 0.25) is 0 Å². The molecule has 0 aliphatic carbocycles. The van der Waals surface area contributed by atoms with E-state index in [0.29, 0.717) is 44.0 Å². The average Bonchev–Trinajstić information content (AvgIpc) is 2.99. The van der Waals surface area contributed by atoms with E-state index in [-0.39, 0.29) is 23.3 Å². The van der Waals surface area contributed by atoms with Crippen molar-refractivity contribution in [2.24, 2.45) is 0 Å². The molecule has 0 aliphatic heterocycles. The molecule has 222 valence electrons. The lowest BCUT2D eigenvalue weighted by Gasteiger charge is -2.11. The zero-order valence-corrected chi connectivity index (χ0v) is 22.7. The fourth-order valence-electron chi connectivity index (χ4n) is 4.25. The second-order valence-electron chi connectivity index (χ2n) is 9.31. The first-order chi connectivity index (χ1) is 20.7. The highest BCUT2D eigenvalue weighted by atomic mass is 19.4. The van der Waals surface area contributed by atoms with Crippen LogP contribution in [0, 0.1) is 0 Å². The molecule has 4 aromatic carbocycles. The smallest absolute Gasteiger partial charge is 0.417 e. The van der Waals surface area contributed by atoms with Crippen molar-refractivity contribution in [1.82, 2.24) is 0 Å². The molecule has 0 bridgehead atoms. The van der Waals surface area contributed by atoms with Crippen LogP contribution < -0.4 is 25.2 Å². The second-order valence-corrected chi connectivity index (χ2v) is 9.31. The summed E-state index contributed by atoms with van der Waals surface area (Å²) < 4.78 is 66.9. The van der Waals surface area contributed by atoms with Gasteiger partial charge in [0.1, 0.15) is 36.0 Å². The third-order valence-electron chi connectivity index (χ3n) is 6.24. The molecular weight excluding hydrogens is 567 g/mol. The number of anilines is 1. The summed E-state index contributed by atoms with van der Waals surface area (Å²) in [6.45, 7) is 1.16. The zero-order chi connectivity index (χ0) is 30.2. The average molecular weight is 594 g/mol. The van der Waals surface area contributed by atoms with E-state index in [2.05, 4.69) is 5.32 Å². The van der Waals surface area contributed by atoms with Crippen molar-refractivity contribution >= 4 is 33.3 Å². The molecule has 0 saturated heterocycles. The minimum absolute atomic E-state index is 0.148. The highest BCUT2D eigenvalue weighted by Crippen LogP contribution is 2.34. The second kappa shape index (κ2) is 13.3. The first-order valence-corrected chi connectivity index (χ1v) is 13.2. The van der Waals surface area contributed by atoms with E-state index in [9.17, 15) is 22.8 Å². The van der Waals surface area contributed by atoms with Gasteiger partial charge in [-0.05, 0) is 59.3 Å². The molecule has 8 nitrogen and oxygen atoms in total. The predicted octanol–water partition coefficient (Wildman–Crippen LogP) is 6.46. The van der Waals surface area contributed by atoms with Crippen LogP contribution in [-0.4, -0.2) is 38.9 Å². The number of hydrogen-bond acceptors (Lipinski definition) is 7. The number of fused-ring (bicyclic) bond motifs is 2. The highest BCUT2D eigenvalue weighted by Gasteiger charge is 2.33. The number of rotatable bonds is 12. The van der Waals surface area contributed by atoms with Gasteiger partial charge in [-0.1, -0.05) is 30.3 Å².